The van der Waals surface area contributed by atoms with Crippen molar-refractivity contribution < 1.29 is 4.39 Å². The first-order chi connectivity index (χ1) is 8.16. The summed E-state index contributed by atoms with van der Waals surface area (Å²) in [7, 11) is 0. The third-order valence-electron chi connectivity index (χ3n) is 3.48. The van der Waals surface area contributed by atoms with Crippen molar-refractivity contribution >= 4 is 11.8 Å². The van der Waals surface area contributed by atoms with Crippen molar-refractivity contribution in [3.05, 3.63) is 12.0 Å². The molecule has 1 aromatic heterocycles. The molecule has 0 bridgehead atoms. The number of nitrogens with one attached hydrogen (secondary N) is 1. The molecule has 1 unspecified atom stereocenters. The van der Waals surface area contributed by atoms with Gasteiger partial charge in [-0.05, 0) is 25.7 Å². The zero-order valence-corrected chi connectivity index (χ0v) is 10.1. The summed E-state index contributed by atoms with van der Waals surface area (Å²) in [6.07, 6.45) is 7.37. The molecule has 1 saturated carbocycles. The van der Waals surface area contributed by atoms with Crippen molar-refractivity contribution in [2.75, 3.05) is 11.1 Å². The first-order valence-electron chi connectivity index (χ1n) is 6.21. The van der Waals surface area contributed by atoms with Gasteiger partial charge in [0, 0.05) is 6.04 Å². The molecule has 0 saturated heterocycles. The normalized spacial score (nSPS) is 18.9. The van der Waals surface area contributed by atoms with Crippen molar-refractivity contribution in [1.29, 1.82) is 0 Å². The molecule has 5 heteroatoms. The number of aromatic nitrogens is 2. The summed E-state index contributed by atoms with van der Waals surface area (Å²) in [5.41, 5.74) is 5.45. The van der Waals surface area contributed by atoms with E-state index >= 15 is 0 Å². The minimum atomic E-state index is -0.443. The fourth-order valence-electron chi connectivity index (χ4n) is 2.45. The van der Waals surface area contributed by atoms with Gasteiger partial charge >= 0.3 is 0 Å². The highest BCUT2D eigenvalue weighted by molar-refractivity contribution is 5.40. The van der Waals surface area contributed by atoms with Crippen molar-refractivity contribution in [2.24, 2.45) is 5.92 Å². The zero-order valence-electron chi connectivity index (χ0n) is 10.1. The second-order valence-electron chi connectivity index (χ2n) is 4.76. The molecule has 17 heavy (non-hydrogen) atoms. The number of hydrogen-bond acceptors (Lipinski definition) is 4. The van der Waals surface area contributed by atoms with Gasteiger partial charge in [-0.2, -0.15) is 4.98 Å². The Bertz CT molecular complexity index is 377. The number of hydrogen-bond donors (Lipinski definition) is 2. The molecule has 0 spiro atoms. The minimum Gasteiger partial charge on any atom is -0.368 e. The molecule has 1 fully saturated rings. The predicted molar refractivity (Wildman–Crippen MR) is 66.1 cm³/mol. The maximum atomic E-state index is 13.5. The number of anilines is 2. The Morgan fingerprint density at radius 1 is 1.41 bits per heavy atom. The minimum absolute atomic E-state index is 0.102. The van der Waals surface area contributed by atoms with Crippen LogP contribution in [0.2, 0.25) is 0 Å². The van der Waals surface area contributed by atoms with Gasteiger partial charge in [0.05, 0.1) is 6.20 Å². The average molecular weight is 238 g/mol. The monoisotopic (exact) mass is 238 g/mol. The van der Waals surface area contributed by atoms with Crippen LogP contribution < -0.4 is 11.1 Å². The summed E-state index contributed by atoms with van der Waals surface area (Å²) in [6.45, 7) is 2.08. The van der Waals surface area contributed by atoms with Crippen LogP contribution >= 0.6 is 0 Å². The Balaban J connectivity index is 2.01. The van der Waals surface area contributed by atoms with Gasteiger partial charge in [0.15, 0.2) is 11.6 Å². The number of halogens is 1. The molecule has 1 aliphatic rings. The first kappa shape index (κ1) is 12.1. The molecule has 1 heterocycles. The van der Waals surface area contributed by atoms with E-state index in [1.807, 2.05) is 0 Å². The molecule has 0 radical (unpaired) electrons. The lowest BCUT2D eigenvalue weighted by Gasteiger charge is -2.28. The zero-order chi connectivity index (χ0) is 12.3. The fourth-order valence-corrected chi connectivity index (χ4v) is 2.45. The quantitative estimate of drug-likeness (QED) is 0.849. The van der Waals surface area contributed by atoms with Gasteiger partial charge in [-0.1, -0.05) is 19.3 Å². The third-order valence-corrected chi connectivity index (χ3v) is 3.48. The molecule has 3 N–H and O–H groups in total. The van der Waals surface area contributed by atoms with Crippen molar-refractivity contribution in [1.82, 2.24) is 9.97 Å². The summed E-state index contributed by atoms with van der Waals surface area (Å²) < 4.78 is 13.5. The van der Waals surface area contributed by atoms with Crippen molar-refractivity contribution in [2.45, 2.75) is 45.1 Å². The fraction of sp³-hybridized carbons (Fsp3) is 0.667. The van der Waals surface area contributed by atoms with Crippen LogP contribution in [0.4, 0.5) is 16.2 Å². The summed E-state index contributed by atoms with van der Waals surface area (Å²) in [5.74, 6) is 0.474. The Labute approximate surface area is 101 Å². The van der Waals surface area contributed by atoms with E-state index in [1.54, 1.807) is 0 Å². The van der Waals surface area contributed by atoms with Gasteiger partial charge in [-0.3, -0.25) is 0 Å². The topological polar surface area (TPSA) is 63.8 Å². The highest BCUT2D eigenvalue weighted by Gasteiger charge is 2.21. The highest BCUT2D eigenvalue weighted by atomic mass is 19.1. The highest BCUT2D eigenvalue weighted by Crippen LogP contribution is 2.28. The van der Waals surface area contributed by atoms with Crippen LogP contribution in [0.15, 0.2) is 6.20 Å². The van der Waals surface area contributed by atoms with Gasteiger partial charge in [0.2, 0.25) is 5.95 Å². The van der Waals surface area contributed by atoms with Crippen LogP contribution in [-0.2, 0) is 0 Å². The molecule has 0 aromatic carbocycles. The Morgan fingerprint density at radius 2 is 2.12 bits per heavy atom. The van der Waals surface area contributed by atoms with E-state index in [0.29, 0.717) is 5.92 Å². The molecule has 94 valence electrons. The summed E-state index contributed by atoms with van der Waals surface area (Å²) in [6, 6.07) is 0.221. The largest absolute Gasteiger partial charge is 0.368 e. The third kappa shape index (κ3) is 3.05. The number of rotatable bonds is 3. The summed E-state index contributed by atoms with van der Waals surface area (Å²) in [4.78, 5) is 7.50. The Kier molecular flexibility index (Phi) is 3.76. The van der Waals surface area contributed by atoms with E-state index in [4.69, 9.17) is 5.73 Å². The number of nitrogens with two attached hydrogens (primary N) is 1. The second kappa shape index (κ2) is 5.29. The van der Waals surface area contributed by atoms with Crippen LogP contribution in [-0.4, -0.2) is 16.0 Å². The van der Waals surface area contributed by atoms with Crippen LogP contribution in [0.3, 0.4) is 0 Å². The van der Waals surface area contributed by atoms with Gasteiger partial charge in [-0.15, -0.1) is 0 Å². The molecular formula is C12H19FN4. The molecule has 0 amide bonds. The first-order valence-corrected chi connectivity index (χ1v) is 6.21. The van der Waals surface area contributed by atoms with Gasteiger partial charge in [-0.25, -0.2) is 9.37 Å². The van der Waals surface area contributed by atoms with Crippen molar-refractivity contribution in [3.8, 4) is 0 Å². The Morgan fingerprint density at radius 3 is 2.82 bits per heavy atom. The SMILES string of the molecule is CC(Nc1nc(N)ncc1F)C1CCCCC1. The van der Waals surface area contributed by atoms with Crippen LogP contribution in [0.25, 0.3) is 0 Å². The maximum absolute atomic E-state index is 13.5. The standard InChI is InChI=1S/C12H19FN4/c1-8(9-5-3-2-4-6-9)16-11-10(13)7-15-12(14)17-11/h7-9H,2-6H2,1H3,(H3,14,15,16,17). The molecule has 1 aromatic rings. The van der Waals surface area contributed by atoms with Crippen LogP contribution in [0, 0.1) is 11.7 Å². The van der Waals surface area contributed by atoms with E-state index in [0.717, 1.165) is 6.20 Å². The van der Waals surface area contributed by atoms with E-state index < -0.39 is 5.82 Å². The van der Waals surface area contributed by atoms with Crippen LogP contribution in [0.5, 0.6) is 0 Å². The molecule has 1 aliphatic carbocycles. The predicted octanol–water partition coefficient (Wildman–Crippen LogP) is 2.58. The van der Waals surface area contributed by atoms with Gasteiger partial charge < -0.3 is 11.1 Å². The number of nitrogens with zero attached hydrogens (tertiary/aromatic N) is 2. The Hall–Kier alpha value is -1.39. The van der Waals surface area contributed by atoms with E-state index in [1.165, 1.54) is 32.1 Å². The van der Waals surface area contributed by atoms with Crippen LogP contribution in [0.1, 0.15) is 39.0 Å². The lowest BCUT2D eigenvalue weighted by atomic mass is 9.84. The molecular weight excluding hydrogens is 219 g/mol. The van der Waals surface area contributed by atoms with Gasteiger partial charge in [0.1, 0.15) is 0 Å². The lowest BCUT2D eigenvalue weighted by molar-refractivity contribution is 0.327. The molecule has 2 rings (SSSR count). The van der Waals surface area contributed by atoms with E-state index in [-0.39, 0.29) is 17.8 Å². The smallest absolute Gasteiger partial charge is 0.222 e. The van der Waals surface area contributed by atoms with E-state index in [2.05, 4.69) is 22.2 Å². The number of nitrogen functional groups attached to an aromatic ring is 1. The lowest BCUT2D eigenvalue weighted by Crippen LogP contribution is -2.28. The van der Waals surface area contributed by atoms with Gasteiger partial charge in [0.25, 0.3) is 0 Å². The molecule has 1 atom stereocenters. The summed E-state index contributed by atoms with van der Waals surface area (Å²) >= 11 is 0. The second-order valence-corrected chi connectivity index (χ2v) is 4.76. The average Bonchev–Trinajstić information content (AvgIpc) is 2.35. The summed E-state index contributed by atoms with van der Waals surface area (Å²) in [5, 5.41) is 3.11. The molecule has 0 aliphatic heterocycles. The molecule has 4 nitrogen and oxygen atoms in total. The maximum Gasteiger partial charge on any atom is 0.222 e. The van der Waals surface area contributed by atoms with Crippen molar-refractivity contribution in [3.63, 3.8) is 0 Å². The van der Waals surface area contributed by atoms with E-state index in [9.17, 15) is 4.39 Å².